The standard InChI is InChI=1S/C51H86O42/c1-10-19(57)25(63)34(72)46(83-10)92-42-27(65)23(61)14(2-52)85-51(42)93-41-22(60)13(56)6-79-50(41)82-9-18-40(29(67)36(74)48(88-18)89-38-15(3-53)84-43(76)31(69)28(38)66)91-49-37(75)30(68)39(17(87-49)8-81-45-33(71)21(59)12(55)5-78-45)90-47-35(73)26(64)24(62)16(86-47)7-80-44-32(70)20(58)11(54)4-77-44/h10-76H,2-9H2,1H3/t10-,11+,12+,13+,14+,15+,16+,17+,18+,19+,20-,21-,22-,23-,24+,25+,26-,27-,28+,29+,30+,31+,32+,33+,34-,35+,36+,37+,38+,39+,40+,41+,42+,43?,44+,45+,46-,47-,48-,49-,50+,51-/m0/s1. The van der Waals surface area contributed by atoms with Crippen LogP contribution in [0.4, 0.5) is 0 Å². The molecule has 0 bridgehead atoms. The third kappa shape index (κ3) is 16.2. The second kappa shape index (κ2) is 32.3. The van der Waals surface area contributed by atoms with Gasteiger partial charge in [-0.3, -0.25) is 0 Å². The molecule has 0 amide bonds. The lowest BCUT2D eigenvalue weighted by atomic mass is 9.95. The van der Waals surface area contributed by atoms with Crippen LogP contribution >= 0.6 is 0 Å². The maximum atomic E-state index is 12.0. The molecular weight excluding hydrogens is 1280 g/mol. The second-order valence-electron chi connectivity index (χ2n) is 23.9. The molecule has 9 aliphatic heterocycles. The fourth-order valence-electron chi connectivity index (χ4n) is 11.7. The normalized spacial score (nSPS) is 54.4. The summed E-state index contributed by atoms with van der Waals surface area (Å²) >= 11 is 0. The molecule has 25 N–H and O–H groups in total. The van der Waals surface area contributed by atoms with E-state index in [1.807, 2.05) is 0 Å². The maximum Gasteiger partial charge on any atom is 0.187 e. The third-order valence-electron chi connectivity index (χ3n) is 17.5. The average molecular weight is 1370 g/mol. The molecule has 1 unspecified atom stereocenters. The van der Waals surface area contributed by atoms with Crippen molar-refractivity contribution in [3.8, 4) is 0 Å². The fraction of sp³-hybridized carbons (Fsp3) is 1.00. The molecule has 0 aromatic rings. The van der Waals surface area contributed by atoms with Crippen molar-refractivity contribution in [3.63, 3.8) is 0 Å². The van der Waals surface area contributed by atoms with Crippen LogP contribution in [0.15, 0.2) is 0 Å². The third-order valence-corrected chi connectivity index (χ3v) is 17.5. The molecule has 0 spiro atoms. The van der Waals surface area contributed by atoms with Crippen molar-refractivity contribution in [1.29, 1.82) is 0 Å². The van der Waals surface area contributed by atoms with Gasteiger partial charge in [0.25, 0.3) is 0 Å². The van der Waals surface area contributed by atoms with E-state index in [9.17, 15) is 128 Å². The van der Waals surface area contributed by atoms with E-state index in [1.54, 1.807) is 0 Å². The maximum absolute atomic E-state index is 12.0. The smallest absolute Gasteiger partial charge is 0.187 e. The predicted octanol–water partition coefficient (Wildman–Crippen LogP) is -17.7. The Morgan fingerprint density at radius 1 is 0.258 bits per heavy atom. The van der Waals surface area contributed by atoms with E-state index in [-0.39, 0.29) is 0 Å². The lowest BCUT2D eigenvalue weighted by molar-refractivity contribution is -0.398. The molecule has 542 valence electrons. The first-order valence-corrected chi connectivity index (χ1v) is 29.7. The number of rotatable bonds is 21. The van der Waals surface area contributed by atoms with Crippen LogP contribution in [0.5, 0.6) is 0 Å². The van der Waals surface area contributed by atoms with Gasteiger partial charge in [-0.1, -0.05) is 0 Å². The van der Waals surface area contributed by atoms with Gasteiger partial charge in [0.2, 0.25) is 0 Å². The van der Waals surface area contributed by atoms with Gasteiger partial charge in [0, 0.05) is 0 Å². The topological polar surface area (TPSA) is 663 Å². The zero-order valence-corrected chi connectivity index (χ0v) is 49.0. The molecular formula is C51H86O42. The Morgan fingerprint density at radius 2 is 0.581 bits per heavy atom. The predicted molar refractivity (Wildman–Crippen MR) is 278 cm³/mol. The molecule has 9 fully saturated rings. The van der Waals surface area contributed by atoms with E-state index in [4.69, 9.17) is 80.5 Å². The second-order valence-corrected chi connectivity index (χ2v) is 23.9. The highest BCUT2D eigenvalue weighted by atomic mass is 16.8. The lowest BCUT2D eigenvalue weighted by Crippen LogP contribution is -2.68. The molecule has 93 heavy (non-hydrogen) atoms. The minimum Gasteiger partial charge on any atom is -0.394 e. The Balaban J connectivity index is 0.984. The lowest BCUT2D eigenvalue weighted by Gasteiger charge is -2.49. The van der Waals surface area contributed by atoms with Gasteiger partial charge in [0.1, 0.15) is 195 Å². The van der Waals surface area contributed by atoms with E-state index in [0.29, 0.717) is 0 Å². The van der Waals surface area contributed by atoms with E-state index < -0.39 is 311 Å². The zero-order valence-electron chi connectivity index (χ0n) is 49.0. The van der Waals surface area contributed by atoms with Crippen LogP contribution in [-0.4, -0.2) is 439 Å². The number of ether oxygens (including phenoxy) is 17. The van der Waals surface area contributed by atoms with Crippen LogP contribution in [0, 0.1) is 0 Å². The van der Waals surface area contributed by atoms with Crippen LogP contribution in [0.1, 0.15) is 6.92 Å². The largest absolute Gasteiger partial charge is 0.394 e. The molecule has 0 aliphatic carbocycles. The minimum atomic E-state index is -2.43. The van der Waals surface area contributed by atoms with Crippen molar-refractivity contribution in [2.45, 2.75) is 265 Å². The van der Waals surface area contributed by atoms with Crippen molar-refractivity contribution in [1.82, 2.24) is 0 Å². The van der Waals surface area contributed by atoms with Gasteiger partial charge < -0.3 is 208 Å². The highest BCUT2D eigenvalue weighted by Crippen LogP contribution is 2.38. The highest BCUT2D eigenvalue weighted by molar-refractivity contribution is 5.00. The molecule has 9 rings (SSSR count). The average Bonchev–Trinajstić information content (AvgIpc) is 0.786. The summed E-state index contributed by atoms with van der Waals surface area (Å²) < 4.78 is 97.3. The molecule has 0 radical (unpaired) electrons. The quantitative estimate of drug-likeness (QED) is 0.0507. The fourth-order valence-corrected chi connectivity index (χ4v) is 11.7. The van der Waals surface area contributed by atoms with Gasteiger partial charge in [-0.25, -0.2) is 0 Å². The zero-order chi connectivity index (χ0) is 67.9. The van der Waals surface area contributed by atoms with Crippen molar-refractivity contribution in [2.24, 2.45) is 0 Å². The summed E-state index contributed by atoms with van der Waals surface area (Å²) in [4.78, 5) is 0. The Labute approximate surface area is 525 Å². The van der Waals surface area contributed by atoms with Crippen LogP contribution in [-0.2, 0) is 80.5 Å². The van der Waals surface area contributed by atoms with Gasteiger partial charge in [-0.05, 0) is 6.92 Å². The summed E-state index contributed by atoms with van der Waals surface area (Å²) in [7, 11) is 0. The first-order valence-electron chi connectivity index (χ1n) is 29.7. The Bertz CT molecular complexity index is 2280. The van der Waals surface area contributed by atoms with Crippen LogP contribution in [0.2, 0.25) is 0 Å². The highest BCUT2D eigenvalue weighted by Gasteiger charge is 2.58. The molecule has 42 heteroatoms. The van der Waals surface area contributed by atoms with Gasteiger partial charge in [0.05, 0.1) is 59.0 Å². The summed E-state index contributed by atoms with van der Waals surface area (Å²) in [6.45, 7) is -5.42. The molecule has 9 saturated heterocycles. The monoisotopic (exact) mass is 1370 g/mol. The molecule has 42 atom stereocenters. The van der Waals surface area contributed by atoms with Crippen molar-refractivity contribution in [3.05, 3.63) is 0 Å². The molecule has 0 aromatic heterocycles. The molecule has 9 aliphatic rings. The molecule has 42 nitrogen and oxygen atoms in total. The van der Waals surface area contributed by atoms with E-state index >= 15 is 0 Å². The van der Waals surface area contributed by atoms with Gasteiger partial charge in [0.15, 0.2) is 56.6 Å². The number of hydrogen-bond acceptors (Lipinski definition) is 42. The van der Waals surface area contributed by atoms with Crippen LogP contribution in [0.25, 0.3) is 0 Å². The number of aliphatic hydroxyl groups excluding tert-OH is 25. The first-order chi connectivity index (χ1) is 44.0. The van der Waals surface area contributed by atoms with Crippen LogP contribution < -0.4 is 0 Å². The number of aliphatic hydroxyl groups is 25. The summed E-state index contributed by atoms with van der Waals surface area (Å²) in [6.07, 6.45) is -82.8. The summed E-state index contributed by atoms with van der Waals surface area (Å²) in [5, 5.41) is 270. The molecule has 0 saturated carbocycles. The molecule has 9 heterocycles. The number of hydrogen-bond donors (Lipinski definition) is 25. The van der Waals surface area contributed by atoms with Crippen molar-refractivity contribution in [2.75, 3.05) is 52.9 Å². The first kappa shape index (κ1) is 75.5. The van der Waals surface area contributed by atoms with Gasteiger partial charge in [-0.2, -0.15) is 0 Å². The Morgan fingerprint density at radius 3 is 1.08 bits per heavy atom. The minimum absolute atomic E-state index is 0.512. The molecule has 0 aromatic carbocycles. The Kier molecular flexibility index (Phi) is 26.2. The van der Waals surface area contributed by atoms with Crippen molar-refractivity contribution < 1.29 is 208 Å². The summed E-state index contributed by atoms with van der Waals surface area (Å²) in [5.41, 5.74) is 0. The van der Waals surface area contributed by atoms with E-state index in [1.165, 1.54) is 6.92 Å². The summed E-state index contributed by atoms with van der Waals surface area (Å²) in [6, 6.07) is 0. The Hall–Kier alpha value is -1.68. The van der Waals surface area contributed by atoms with E-state index in [0.717, 1.165) is 0 Å². The van der Waals surface area contributed by atoms with Crippen LogP contribution in [0.3, 0.4) is 0 Å². The van der Waals surface area contributed by atoms with Crippen molar-refractivity contribution >= 4 is 0 Å². The van der Waals surface area contributed by atoms with Gasteiger partial charge in [-0.15, -0.1) is 0 Å². The van der Waals surface area contributed by atoms with E-state index in [2.05, 4.69) is 0 Å². The SMILES string of the molecule is C[C@@H]1O[C@@H](O[C@H]2[C@H](O[C@H]3[C@@H](OC[C@H]4O[C@@H](O[C@H]5[C@H](O)[C@@H](O)C(O)O[C@@H]5CO)[C@H](O)[C@@H](O)[C@@H]4O[C@@H]4O[C@H](CO[C@H]5OC[C@@H](O)[C@H](O)[C@H]5O)[C@@H](O[C@@H]5O[C@H](CO[C@H]6OC[C@@H](O)[C@H](O)[C@H]6O)[C@@H](O)[C@H](O)[C@H]5O)[C@H](O)[C@H]4O)OC[C@@H](O)[C@@H]3O)O[C@H](CO)[C@H](O)[C@@H]2O)[C@@H](O)[C@H](O)[C@@H]1O. The summed E-state index contributed by atoms with van der Waals surface area (Å²) in [5.74, 6) is 0. The van der Waals surface area contributed by atoms with Gasteiger partial charge >= 0.3 is 0 Å².